The Kier molecular flexibility index (Phi) is 6.43. The van der Waals surface area contributed by atoms with Crippen LogP contribution in [0.2, 0.25) is 0 Å². The number of hydrogen-bond acceptors (Lipinski definition) is 4. The number of nitrogens with zero attached hydrogens (tertiary/aromatic N) is 1. The standard InChI is InChI=1S/C11H11Br2N5O2.ClH/c12-5-3-6(17-9(5)13)10(20)15-2-1-8(19)7-4-16-11(14)18-7;/h3-4,17H,1-2H2,(H,15,20)(H3,14,16,18);1H. The SMILES string of the molecule is Cl.Nc1ncc(C(=O)CCNC(=O)c2cc(Br)c(Br)[nH]2)[nH]1. The Morgan fingerprint density at radius 3 is 2.52 bits per heavy atom. The van der Waals surface area contributed by atoms with E-state index in [0.717, 1.165) is 4.47 Å². The van der Waals surface area contributed by atoms with Gasteiger partial charge in [-0.1, -0.05) is 0 Å². The van der Waals surface area contributed by atoms with Crippen molar-refractivity contribution in [3.05, 3.63) is 32.7 Å². The second-order valence-corrected chi connectivity index (χ2v) is 5.60. The molecular weight excluding hydrogens is 429 g/mol. The first-order chi connectivity index (χ1) is 9.47. The second-order valence-electron chi connectivity index (χ2n) is 3.96. The number of hydrogen-bond donors (Lipinski definition) is 4. The summed E-state index contributed by atoms with van der Waals surface area (Å²) in [5.74, 6) is -0.254. The smallest absolute Gasteiger partial charge is 0.267 e. The van der Waals surface area contributed by atoms with Gasteiger partial charge in [-0.05, 0) is 37.9 Å². The highest BCUT2D eigenvalue weighted by molar-refractivity contribution is 9.13. The maximum atomic E-state index is 11.8. The Morgan fingerprint density at radius 2 is 2.00 bits per heavy atom. The van der Waals surface area contributed by atoms with Crippen LogP contribution in [0.5, 0.6) is 0 Å². The van der Waals surface area contributed by atoms with Crippen molar-refractivity contribution in [2.45, 2.75) is 6.42 Å². The lowest BCUT2D eigenvalue weighted by atomic mass is 10.2. The Bertz CT molecular complexity index is 635. The van der Waals surface area contributed by atoms with Gasteiger partial charge in [0, 0.05) is 13.0 Å². The molecule has 7 nitrogen and oxygen atoms in total. The minimum Gasteiger partial charge on any atom is -0.369 e. The molecule has 0 aliphatic heterocycles. The van der Waals surface area contributed by atoms with E-state index >= 15 is 0 Å². The Balaban J connectivity index is 0.00000220. The quantitative estimate of drug-likeness (QED) is 0.533. The van der Waals surface area contributed by atoms with E-state index in [1.165, 1.54) is 6.20 Å². The molecule has 21 heavy (non-hydrogen) atoms. The van der Waals surface area contributed by atoms with Gasteiger partial charge in [0.25, 0.3) is 5.91 Å². The molecule has 2 aromatic heterocycles. The molecule has 0 aliphatic carbocycles. The number of carbonyl (C=O) groups excluding carboxylic acids is 2. The van der Waals surface area contributed by atoms with E-state index < -0.39 is 0 Å². The van der Waals surface area contributed by atoms with Crippen LogP contribution >= 0.6 is 44.3 Å². The monoisotopic (exact) mass is 439 g/mol. The summed E-state index contributed by atoms with van der Waals surface area (Å²) in [4.78, 5) is 32.8. The third kappa shape index (κ3) is 4.58. The van der Waals surface area contributed by atoms with Crippen molar-refractivity contribution in [2.75, 3.05) is 12.3 Å². The fraction of sp³-hybridized carbons (Fsp3) is 0.182. The number of aromatic nitrogens is 3. The summed E-state index contributed by atoms with van der Waals surface area (Å²) in [5.41, 5.74) is 6.12. The lowest BCUT2D eigenvalue weighted by Crippen LogP contribution is -2.26. The van der Waals surface area contributed by atoms with Crippen molar-refractivity contribution in [3.63, 3.8) is 0 Å². The van der Waals surface area contributed by atoms with E-state index in [-0.39, 0.29) is 43.0 Å². The van der Waals surface area contributed by atoms with Crippen LogP contribution in [0.3, 0.4) is 0 Å². The molecule has 10 heteroatoms. The number of rotatable bonds is 5. The highest BCUT2D eigenvalue weighted by atomic mass is 79.9. The molecule has 1 amide bonds. The number of amides is 1. The van der Waals surface area contributed by atoms with Gasteiger partial charge >= 0.3 is 0 Å². The predicted octanol–water partition coefficient (Wildman–Crippen LogP) is 2.27. The molecule has 0 bridgehead atoms. The number of H-pyrrole nitrogens is 2. The van der Waals surface area contributed by atoms with Gasteiger partial charge in [-0.25, -0.2) is 4.98 Å². The maximum absolute atomic E-state index is 11.8. The van der Waals surface area contributed by atoms with Gasteiger partial charge in [-0.3, -0.25) is 9.59 Å². The van der Waals surface area contributed by atoms with Gasteiger partial charge in [0.05, 0.1) is 15.3 Å². The first-order valence-corrected chi connectivity index (χ1v) is 7.22. The molecule has 0 fully saturated rings. The van der Waals surface area contributed by atoms with Gasteiger partial charge in [-0.15, -0.1) is 12.4 Å². The van der Waals surface area contributed by atoms with Gasteiger partial charge in [0.15, 0.2) is 11.7 Å². The molecule has 0 atom stereocenters. The van der Waals surface area contributed by atoms with E-state index in [4.69, 9.17) is 5.73 Å². The van der Waals surface area contributed by atoms with E-state index in [9.17, 15) is 9.59 Å². The van der Waals surface area contributed by atoms with Crippen LogP contribution in [0.25, 0.3) is 0 Å². The molecule has 0 aromatic carbocycles. The van der Waals surface area contributed by atoms with Crippen LogP contribution < -0.4 is 11.1 Å². The lowest BCUT2D eigenvalue weighted by molar-refractivity contribution is 0.0935. The number of nitrogens with one attached hydrogen (secondary N) is 3. The van der Waals surface area contributed by atoms with Gasteiger partial charge < -0.3 is 21.0 Å². The molecule has 0 unspecified atom stereocenters. The Labute approximate surface area is 143 Å². The molecule has 0 radical (unpaired) electrons. The van der Waals surface area contributed by atoms with Crippen LogP contribution in [-0.4, -0.2) is 33.2 Å². The van der Waals surface area contributed by atoms with Crippen molar-refractivity contribution in [3.8, 4) is 0 Å². The number of Topliss-reactive ketones (excluding diaryl/α,β-unsaturated/α-hetero) is 1. The van der Waals surface area contributed by atoms with Gasteiger partial charge in [0.2, 0.25) is 0 Å². The van der Waals surface area contributed by atoms with Gasteiger partial charge in [-0.2, -0.15) is 0 Å². The largest absolute Gasteiger partial charge is 0.369 e. The maximum Gasteiger partial charge on any atom is 0.267 e. The summed E-state index contributed by atoms with van der Waals surface area (Å²) in [5, 5.41) is 2.65. The van der Waals surface area contributed by atoms with Crippen LogP contribution in [0, 0.1) is 0 Å². The number of nitrogen functional groups attached to an aromatic ring is 1. The molecular formula is C11H12Br2ClN5O2. The van der Waals surface area contributed by atoms with Gasteiger partial charge in [0.1, 0.15) is 11.4 Å². The number of ketones is 1. The molecule has 0 saturated carbocycles. The number of nitrogens with two attached hydrogens (primary N) is 1. The third-order valence-corrected chi connectivity index (χ3v) is 4.29. The zero-order valence-electron chi connectivity index (χ0n) is 10.6. The number of anilines is 1. The fourth-order valence-corrected chi connectivity index (χ4v) is 2.18. The zero-order chi connectivity index (χ0) is 14.7. The molecule has 0 spiro atoms. The number of carbonyl (C=O) groups is 2. The average molecular weight is 442 g/mol. The second kappa shape index (κ2) is 7.62. The topological polar surface area (TPSA) is 117 Å². The summed E-state index contributed by atoms with van der Waals surface area (Å²) in [6.07, 6.45) is 1.54. The Hall–Kier alpha value is -1.32. The molecule has 2 rings (SSSR count). The van der Waals surface area contributed by atoms with Crippen molar-refractivity contribution >= 4 is 61.9 Å². The lowest BCUT2D eigenvalue weighted by Gasteiger charge is -2.02. The summed E-state index contributed by atoms with van der Waals surface area (Å²) >= 11 is 6.52. The van der Waals surface area contributed by atoms with E-state index in [0.29, 0.717) is 16.0 Å². The summed E-state index contributed by atoms with van der Waals surface area (Å²) in [6, 6.07) is 1.65. The molecule has 2 heterocycles. The van der Waals surface area contributed by atoms with E-state index in [2.05, 4.69) is 52.1 Å². The number of halogens is 3. The molecule has 0 saturated heterocycles. The van der Waals surface area contributed by atoms with Crippen LogP contribution in [0.1, 0.15) is 27.4 Å². The highest BCUT2D eigenvalue weighted by Crippen LogP contribution is 2.22. The molecule has 2 aromatic rings. The Morgan fingerprint density at radius 1 is 1.29 bits per heavy atom. The first-order valence-electron chi connectivity index (χ1n) is 5.63. The average Bonchev–Trinajstić information content (AvgIpc) is 2.96. The fourth-order valence-electron chi connectivity index (χ4n) is 1.52. The van der Waals surface area contributed by atoms with Crippen molar-refractivity contribution in [1.29, 1.82) is 0 Å². The predicted molar refractivity (Wildman–Crippen MR) is 87.7 cm³/mol. The van der Waals surface area contributed by atoms with E-state index in [1.807, 2.05) is 0 Å². The van der Waals surface area contributed by atoms with Crippen molar-refractivity contribution in [2.24, 2.45) is 0 Å². The van der Waals surface area contributed by atoms with Crippen LogP contribution in [-0.2, 0) is 0 Å². The minimum atomic E-state index is -0.284. The van der Waals surface area contributed by atoms with Crippen molar-refractivity contribution in [1.82, 2.24) is 20.3 Å². The summed E-state index contributed by atoms with van der Waals surface area (Å²) in [6.45, 7) is 0.227. The van der Waals surface area contributed by atoms with Crippen molar-refractivity contribution < 1.29 is 9.59 Å². The molecule has 5 N–H and O–H groups in total. The summed E-state index contributed by atoms with van der Waals surface area (Å²) in [7, 11) is 0. The van der Waals surface area contributed by atoms with Crippen LogP contribution in [0.15, 0.2) is 21.3 Å². The number of aromatic amines is 2. The molecule has 0 aliphatic rings. The highest BCUT2D eigenvalue weighted by Gasteiger charge is 2.12. The minimum absolute atomic E-state index is 0. The number of imidazole rings is 1. The molecule has 114 valence electrons. The zero-order valence-corrected chi connectivity index (χ0v) is 14.6. The third-order valence-electron chi connectivity index (χ3n) is 2.50. The normalized spacial score (nSPS) is 10.0. The van der Waals surface area contributed by atoms with E-state index in [1.54, 1.807) is 6.07 Å². The van der Waals surface area contributed by atoms with Crippen LogP contribution in [0.4, 0.5) is 5.95 Å². The summed E-state index contributed by atoms with van der Waals surface area (Å²) < 4.78 is 1.44. The first kappa shape index (κ1) is 17.7.